The van der Waals surface area contributed by atoms with Gasteiger partial charge >= 0.3 is 0 Å². The Morgan fingerprint density at radius 2 is 2.00 bits per heavy atom. The van der Waals surface area contributed by atoms with Gasteiger partial charge in [-0.2, -0.15) is 0 Å². The van der Waals surface area contributed by atoms with Crippen molar-refractivity contribution in [3.05, 3.63) is 6.33 Å². The molecule has 0 bridgehead atoms. The third-order valence-electron chi connectivity index (χ3n) is 4.00. The van der Waals surface area contributed by atoms with Crippen molar-refractivity contribution in [3.63, 3.8) is 0 Å². The molecule has 0 saturated carbocycles. The smallest absolute Gasteiger partial charge is 0.191 e. The predicted octanol–water partition coefficient (Wildman–Crippen LogP) is -1.12. The van der Waals surface area contributed by atoms with Gasteiger partial charge in [0.25, 0.3) is 0 Å². The Morgan fingerprint density at radius 1 is 1.20 bits per heavy atom. The number of aliphatic hydroxyl groups excluding tert-OH is 4. The highest BCUT2D eigenvalue weighted by Crippen LogP contribution is 2.32. The lowest BCUT2D eigenvalue weighted by molar-refractivity contribution is -0.0511. The van der Waals surface area contributed by atoms with Gasteiger partial charge in [0, 0.05) is 12.4 Å². The van der Waals surface area contributed by atoms with E-state index in [4.69, 9.17) is 15.6 Å². The fourth-order valence-corrected chi connectivity index (χ4v) is 3.50. The van der Waals surface area contributed by atoms with Gasteiger partial charge < -0.3 is 30.9 Å². The molecule has 1 aliphatic heterocycles. The van der Waals surface area contributed by atoms with Crippen LogP contribution in [0.4, 0.5) is 5.82 Å². The number of aromatic nitrogens is 4. The summed E-state index contributed by atoms with van der Waals surface area (Å²) in [7, 11) is 0. The van der Waals surface area contributed by atoms with Gasteiger partial charge in [-0.05, 0) is 12.8 Å². The lowest BCUT2D eigenvalue weighted by atomic mass is 10.1. The maximum absolute atomic E-state index is 10.2. The summed E-state index contributed by atoms with van der Waals surface area (Å²) in [5.41, 5.74) is 6.70. The SMILES string of the molecule is Nc1nc(SCCCCO)nc2c1ncn2C1O[C@H](CO)[C@@H](O)[C@H]1O. The molecule has 1 unspecified atom stereocenters. The van der Waals surface area contributed by atoms with E-state index in [1.807, 2.05) is 0 Å². The van der Waals surface area contributed by atoms with E-state index in [2.05, 4.69) is 15.0 Å². The minimum atomic E-state index is -1.23. The maximum atomic E-state index is 10.2. The summed E-state index contributed by atoms with van der Waals surface area (Å²) in [6, 6.07) is 0. The van der Waals surface area contributed by atoms with Crippen molar-refractivity contribution < 1.29 is 25.2 Å². The third-order valence-corrected chi connectivity index (χ3v) is 4.94. The van der Waals surface area contributed by atoms with Gasteiger partial charge in [0.1, 0.15) is 23.8 Å². The van der Waals surface area contributed by atoms with Crippen LogP contribution in [-0.2, 0) is 4.74 Å². The zero-order chi connectivity index (χ0) is 18.0. The van der Waals surface area contributed by atoms with Crippen LogP contribution >= 0.6 is 11.8 Å². The molecular formula is C14H21N5O5S. The van der Waals surface area contributed by atoms with Crippen LogP contribution in [0.15, 0.2) is 11.5 Å². The van der Waals surface area contributed by atoms with E-state index >= 15 is 0 Å². The Balaban J connectivity index is 1.88. The second-order valence-corrected chi connectivity index (χ2v) is 6.79. The topological polar surface area (TPSA) is 160 Å². The molecule has 0 aliphatic carbocycles. The molecule has 0 aromatic carbocycles. The van der Waals surface area contributed by atoms with E-state index in [9.17, 15) is 15.3 Å². The van der Waals surface area contributed by atoms with Crippen molar-refractivity contribution in [3.8, 4) is 0 Å². The van der Waals surface area contributed by atoms with Crippen molar-refractivity contribution in [2.75, 3.05) is 24.7 Å². The number of hydrogen-bond acceptors (Lipinski definition) is 10. The van der Waals surface area contributed by atoms with Crippen molar-refractivity contribution in [2.24, 2.45) is 0 Å². The van der Waals surface area contributed by atoms with Crippen LogP contribution in [0.25, 0.3) is 11.2 Å². The number of nitrogens with zero attached hydrogens (tertiary/aromatic N) is 4. The molecule has 3 rings (SSSR count). The number of aliphatic hydroxyl groups is 4. The first kappa shape index (κ1) is 18.3. The monoisotopic (exact) mass is 371 g/mol. The van der Waals surface area contributed by atoms with E-state index in [0.717, 1.165) is 12.2 Å². The van der Waals surface area contributed by atoms with Gasteiger partial charge in [-0.1, -0.05) is 11.8 Å². The fourth-order valence-electron chi connectivity index (χ4n) is 2.66. The lowest BCUT2D eigenvalue weighted by Crippen LogP contribution is -2.33. The molecule has 2 aromatic rings. The molecule has 2 aromatic heterocycles. The lowest BCUT2D eigenvalue weighted by Gasteiger charge is -2.16. The van der Waals surface area contributed by atoms with Crippen LogP contribution in [0.5, 0.6) is 0 Å². The minimum Gasteiger partial charge on any atom is -0.396 e. The Bertz CT molecular complexity index is 729. The van der Waals surface area contributed by atoms with Crippen molar-refractivity contribution in [1.82, 2.24) is 19.5 Å². The molecule has 3 heterocycles. The average Bonchev–Trinajstić information content (AvgIpc) is 3.14. The first-order valence-electron chi connectivity index (χ1n) is 7.93. The largest absolute Gasteiger partial charge is 0.396 e. The number of fused-ring (bicyclic) bond motifs is 1. The van der Waals surface area contributed by atoms with E-state index in [1.165, 1.54) is 22.7 Å². The van der Waals surface area contributed by atoms with Crippen LogP contribution in [0.1, 0.15) is 19.1 Å². The second-order valence-electron chi connectivity index (χ2n) is 5.72. The molecule has 6 N–H and O–H groups in total. The van der Waals surface area contributed by atoms with Gasteiger partial charge in [-0.25, -0.2) is 15.0 Å². The molecule has 4 atom stereocenters. The van der Waals surface area contributed by atoms with Crippen LogP contribution in [0.3, 0.4) is 0 Å². The number of hydrogen-bond donors (Lipinski definition) is 5. The third kappa shape index (κ3) is 3.57. The molecule has 11 heteroatoms. The number of thioether (sulfide) groups is 1. The highest BCUT2D eigenvalue weighted by Gasteiger charge is 2.44. The first-order chi connectivity index (χ1) is 12.1. The van der Waals surface area contributed by atoms with Crippen molar-refractivity contribution in [2.45, 2.75) is 42.5 Å². The van der Waals surface area contributed by atoms with Gasteiger partial charge in [-0.3, -0.25) is 4.57 Å². The molecule has 1 aliphatic rings. The fraction of sp³-hybridized carbons (Fsp3) is 0.643. The number of imidazole rings is 1. The van der Waals surface area contributed by atoms with Crippen molar-refractivity contribution >= 4 is 28.7 Å². The normalized spacial score (nSPS) is 26.6. The van der Waals surface area contributed by atoms with E-state index in [0.29, 0.717) is 22.7 Å². The number of nitrogen functional groups attached to an aromatic ring is 1. The second kappa shape index (κ2) is 7.81. The van der Waals surface area contributed by atoms with Gasteiger partial charge in [0.05, 0.1) is 12.9 Å². The molecule has 1 fully saturated rings. The number of anilines is 1. The van der Waals surface area contributed by atoms with Crippen LogP contribution < -0.4 is 5.73 Å². The molecule has 138 valence electrons. The zero-order valence-electron chi connectivity index (χ0n) is 13.4. The summed E-state index contributed by atoms with van der Waals surface area (Å²) in [5.74, 6) is 0.938. The Hall–Kier alpha value is -1.50. The maximum Gasteiger partial charge on any atom is 0.191 e. The van der Waals surface area contributed by atoms with Crippen LogP contribution in [-0.4, -0.2) is 77.2 Å². The van der Waals surface area contributed by atoms with E-state index in [1.54, 1.807) is 0 Å². The minimum absolute atomic E-state index is 0.140. The van der Waals surface area contributed by atoms with E-state index in [-0.39, 0.29) is 12.4 Å². The average molecular weight is 371 g/mol. The molecule has 25 heavy (non-hydrogen) atoms. The Kier molecular flexibility index (Phi) is 5.71. The number of rotatable bonds is 7. The summed E-state index contributed by atoms with van der Waals surface area (Å²) in [4.78, 5) is 12.8. The van der Waals surface area contributed by atoms with Crippen molar-refractivity contribution in [1.29, 1.82) is 0 Å². The molecule has 0 radical (unpaired) electrons. The van der Waals surface area contributed by atoms with E-state index < -0.39 is 31.1 Å². The summed E-state index contributed by atoms with van der Waals surface area (Å²) < 4.78 is 7.00. The molecule has 10 nitrogen and oxygen atoms in total. The summed E-state index contributed by atoms with van der Waals surface area (Å²) in [5, 5.41) is 38.6. The quantitative estimate of drug-likeness (QED) is 0.229. The summed E-state index contributed by atoms with van der Waals surface area (Å²) in [6.07, 6.45) is -1.33. The molecule has 0 spiro atoms. The first-order valence-corrected chi connectivity index (χ1v) is 8.91. The molecule has 1 saturated heterocycles. The molecular weight excluding hydrogens is 350 g/mol. The van der Waals surface area contributed by atoms with Gasteiger partial charge in [-0.15, -0.1) is 0 Å². The van der Waals surface area contributed by atoms with Gasteiger partial charge in [0.15, 0.2) is 22.8 Å². The zero-order valence-corrected chi connectivity index (χ0v) is 14.2. The number of unbranched alkanes of at least 4 members (excludes halogenated alkanes) is 1. The Labute approximate surface area is 147 Å². The van der Waals surface area contributed by atoms with Crippen LogP contribution in [0.2, 0.25) is 0 Å². The highest BCUT2D eigenvalue weighted by molar-refractivity contribution is 7.99. The summed E-state index contributed by atoms with van der Waals surface area (Å²) in [6.45, 7) is -0.273. The predicted molar refractivity (Wildman–Crippen MR) is 89.8 cm³/mol. The highest BCUT2D eigenvalue weighted by atomic mass is 32.2. The summed E-state index contributed by atoms with van der Waals surface area (Å²) >= 11 is 1.40. The number of ether oxygens (including phenoxy) is 1. The standard InChI is InChI=1S/C14H21N5O5S/c15-11-8-12(18-14(17-11)25-4-2-1-3-20)19(6-16-8)13-10(23)9(22)7(5-21)24-13/h6-7,9-10,13,20-23H,1-5H2,(H2,15,17,18)/t7-,9-,10-,13?/m1/s1. The molecule has 0 amide bonds. The Morgan fingerprint density at radius 3 is 2.68 bits per heavy atom. The van der Waals surface area contributed by atoms with Gasteiger partial charge in [0.2, 0.25) is 0 Å². The van der Waals surface area contributed by atoms with Crippen LogP contribution in [0, 0.1) is 0 Å². The number of nitrogens with two attached hydrogens (primary N) is 1.